The molecule has 0 unspecified atom stereocenters. The van der Waals surface area contributed by atoms with Crippen LogP contribution >= 0.6 is 11.8 Å². The first-order chi connectivity index (χ1) is 8.67. The molecule has 0 spiro atoms. The average Bonchev–Trinajstić information content (AvgIpc) is 2.36. The molecular formula is C13H17N3OS. The average molecular weight is 263 g/mol. The van der Waals surface area contributed by atoms with E-state index >= 15 is 0 Å². The Labute approximate surface area is 112 Å². The highest BCUT2D eigenvalue weighted by Crippen LogP contribution is 2.13. The van der Waals surface area contributed by atoms with Crippen LogP contribution in [0.25, 0.3) is 0 Å². The van der Waals surface area contributed by atoms with Crippen molar-refractivity contribution < 1.29 is 4.79 Å². The zero-order valence-electron chi connectivity index (χ0n) is 10.6. The Hall–Kier alpha value is -1.51. The molecule has 1 amide bonds. The highest BCUT2D eigenvalue weighted by atomic mass is 32.2. The van der Waals surface area contributed by atoms with Crippen LogP contribution in [-0.2, 0) is 4.79 Å². The predicted octanol–water partition coefficient (Wildman–Crippen LogP) is 1.79. The van der Waals surface area contributed by atoms with Crippen molar-refractivity contribution in [3.05, 3.63) is 29.8 Å². The van der Waals surface area contributed by atoms with Crippen molar-refractivity contribution in [1.29, 1.82) is 5.26 Å². The van der Waals surface area contributed by atoms with E-state index in [9.17, 15) is 4.79 Å². The topological polar surface area (TPSA) is 56.1 Å². The fourth-order valence-corrected chi connectivity index (χ4v) is 1.94. The van der Waals surface area contributed by atoms with Gasteiger partial charge in [0.25, 0.3) is 0 Å². The third-order valence-corrected chi connectivity index (χ3v) is 3.00. The molecule has 0 radical (unpaired) electrons. The molecule has 0 bridgehead atoms. The van der Waals surface area contributed by atoms with Gasteiger partial charge in [-0.15, -0.1) is 0 Å². The second-order valence-electron chi connectivity index (χ2n) is 3.94. The van der Waals surface area contributed by atoms with Crippen LogP contribution in [0.15, 0.2) is 24.3 Å². The van der Waals surface area contributed by atoms with Gasteiger partial charge in [-0.2, -0.15) is 17.0 Å². The number of likely N-dealkylation sites (N-methyl/N-ethyl adjacent to an activating group) is 1. The van der Waals surface area contributed by atoms with Gasteiger partial charge in [-0.05, 0) is 25.4 Å². The molecule has 1 rings (SSSR count). The van der Waals surface area contributed by atoms with E-state index in [1.807, 2.05) is 18.2 Å². The van der Waals surface area contributed by atoms with E-state index in [1.165, 1.54) is 0 Å². The molecule has 0 atom stereocenters. The van der Waals surface area contributed by atoms with E-state index in [4.69, 9.17) is 5.26 Å². The summed E-state index contributed by atoms with van der Waals surface area (Å²) in [6.45, 7) is 1.20. The number of carbonyl (C=O) groups is 1. The third-order valence-electron chi connectivity index (χ3n) is 2.41. The first-order valence-electron chi connectivity index (χ1n) is 5.64. The van der Waals surface area contributed by atoms with E-state index in [1.54, 1.807) is 36.0 Å². The molecule has 0 aromatic heterocycles. The molecule has 0 aliphatic rings. The van der Waals surface area contributed by atoms with Crippen LogP contribution in [0.4, 0.5) is 5.69 Å². The number of anilines is 1. The number of para-hydroxylation sites is 1. The second kappa shape index (κ2) is 7.75. The molecule has 0 aliphatic carbocycles. The van der Waals surface area contributed by atoms with Crippen molar-refractivity contribution in [2.75, 3.05) is 37.5 Å². The van der Waals surface area contributed by atoms with E-state index in [2.05, 4.69) is 11.4 Å². The van der Waals surface area contributed by atoms with E-state index in [-0.39, 0.29) is 5.91 Å². The predicted molar refractivity (Wildman–Crippen MR) is 75.7 cm³/mol. The Morgan fingerprint density at radius 3 is 2.89 bits per heavy atom. The Morgan fingerprint density at radius 2 is 2.22 bits per heavy atom. The monoisotopic (exact) mass is 263 g/mol. The lowest BCUT2D eigenvalue weighted by Crippen LogP contribution is -2.31. The van der Waals surface area contributed by atoms with Gasteiger partial charge in [0.05, 0.1) is 17.8 Å². The molecular weight excluding hydrogens is 246 g/mol. The number of nitriles is 1. The van der Waals surface area contributed by atoms with Gasteiger partial charge >= 0.3 is 0 Å². The number of carbonyl (C=O) groups excluding carboxylic acids is 1. The maximum absolute atomic E-state index is 11.8. The quantitative estimate of drug-likeness (QED) is 0.850. The summed E-state index contributed by atoms with van der Waals surface area (Å²) in [6, 6.07) is 9.05. The van der Waals surface area contributed by atoms with Gasteiger partial charge in [-0.1, -0.05) is 12.1 Å². The molecule has 96 valence electrons. The minimum absolute atomic E-state index is 0.0960. The van der Waals surface area contributed by atoms with Crippen molar-refractivity contribution in [2.24, 2.45) is 0 Å². The molecule has 0 aliphatic heterocycles. The second-order valence-corrected chi connectivity index (χ2v) is 4.92. The third kappa shape index (κ3) is 4.78. The summed E-state index contributed by atoms with van der Waals surface area (Å²) in [4.78, 5) is 13.7. The Kier molecular flexibility index (Phi) is 6.26. The van der Waals surface area contributed by atoms with Crippen molar-refractivity contribution in [3.63, 3.8) is 0 Å². The molecule has 0 saturated carbocycles. The summed E-state index contributed by atoms with van der Waals surface area (Å²) in [7, 11) is 1.91. The lowest BCUT2D eigenvalue weighted by molar-refractivity contribution is -0.117. The van der Waals surface area contributed by atoms with Gasteiger partial charge in [-0.3, -0.25) is 9.69 Å². The smallest absolute Gasteiger partial charge is 0.238 e. The highest BCUT2D eigenvalue weighted by Gasteiger charge is 2.08. The van der Waals surface area contributed by atoms with Crippen molar-refractivity contribution in [2.45, 2.75) is 0 Å². The minimum atomic E-state index is -0.0960. The summed E-state index contributed by atoms with van der Waals surface area (Å²) in [5, 5.41) is 11.7. The number of benzene rings is 1. The number of nitrogens with zero attached hydrogens (tertiary/aromatic N) is 2. The van der Waals surface area contributed by atoms with Crippen LogP contribution < -0.4 is 5.32 Å². The van der Waals surface area contributed by atoms with Gasteiger partial charge in [0.15, 0.2) is 0 Å². The fraction of sp³-hybridized carbons (Fsp3) is 0.385. The molecule has 1 aromatic carbocycles. The molecule has 1 N–H and O–H groups in total. The summed E-state index contributed by atoms with van der Waals surface area (Å²) < 4.78 is 0. The highest BCUT2D eigenvalue weighted by molar-refractivity contribution is 7.98. The van der Waals surface area contributed by atoms with Gasteiger partial charge < -0.3 is 5.32 Å². The van der Waals surface area contributed by atoms with Crippen LogP contribution in [0.5, 0.6) is 0 Å². The van der Waals surface area contributed by atoms with Gasteiger partial charge in [-0.25, -0.2) is 0 Å². The number of hydrogen-bond donors (Lipinski definition) is 1. The minimum Gasteiger partial charge on any atom is -0.324 e. The first kappa shape index (κ1) is 14.6. The SMILES string of the molecule is CSCCN(C)CC(=O)Nc1ccccc1C#N. The van der Waals surface area contributed by atoms with Crippen molar-refractivity contribution in [1.82, 2.24) is 4.90 Å². The van der Waals surface area contributed by atoms with Gasteiger partial charge in [0, 0.05) is 12.3 Å². The zero-order chi connectivity index (χ0) is 13.4. The van der Waals surface area contributed by atoms with Crippen molar-refractivity contribution >= 4 is 23.4 Å². The van der Waals surface area contributed by atoms with Crippen LogP contribution in [0.3, 0.4) is 0 Å². The Morgan fingerprint density at radius 1 is 1.50 bits per heavy atom. The standard InChI is InChI=1S/C13H17N3OS/c1-16(7-8-18-2)10-13(17)15-12-6-4-3-5-11(12)9-14/h3-6H,7-8,10H2,1-2H3,(H,15,17). The lowest BCUT2D eigenvalue weighted by atomic mass is 10.2. The maximum atomic E-state index is 11.8. The summed E-state index contributed by atoms with van der Waals surface area (Å²) in [6.07, 6.45) is 2.04. The first-order valence-corrected chi connectivity index (χ1v) is 7.03. The Balaban J connectivity index is 2.52. The van der Waals surface area contributed by atoms with Crippen molar-refractivity contribution in [3.8, 4) is 6.07 Å². The molecule has 5 heteroatoms. The van der Waals surface area contributed by atoms with Crippen LogP contribution in [0.2, 0.25) is 0 Å². The summed E-state index contributed by atoms with van der Waals surface area (Å²) >= 11 is 1.75. The largest absolute Gasteiger partial charge is 0.324 e. The fourth-order valence-electron chi connectivity index (χ4n) is 1.45. The molecule has 0 fully saturated rings. The van der Waals surface area contributed by atoms with E-state index < -0.39 is 0 Å². The molecule has 18 heavy (non-hydrogen) atoms. The number of nitrogens with one attached hydrogen (secondary N) is 1. The normalized spacial score (nSPS) is 10.1. The number of amides is 1. The number of hydrogen-bond acceptors (Lipinski definition) is 4. The molecule has 4 nitrogen and oxygen atoms in total. The lowest BCUT2D eigenvalue weighted by Gasteiger charge is -2.15. The van der Waals surface area contributed by atoms with Crippen LogP contribution in [-0.4, -0.2) is 43.0 Å². The molecule has 0 saturated heterocycles. The van der Waals surface area contributed by atoms with E-state index in [0.717, 1.165) is 12.3 Å². The van der Waals surface area contributed by atoms with Gasteiger partial charge in [0.1, 0.15) is 6.07 Å². The van der Waals surface area contributed by atoms with Crippen LogP contribution in [0, 0.1) is 11.3 Å². The van der Waals surface area contributed by atoms with Gasteiger partial charge in [0.2, 0.25) is 5.91 Å². The summed E-state index contributed by atoms with van der Waals surface area (Å²) in [5.41, 5.74) is 1.06. The Bertz CT molecular complexity index is 442. The zero-order valence-corrected chi connectivity index (χ0v) is 11.5. The number of thioether (sulfide) groups is 1. The molecule has 1 aromatic rings. The number of rotatable bonds is 6. The van der Waals surface area contributed by atoms with Crippen LogP contribution in [0.1, 0.15) is 5.56 Å². The summed E-state index contributed by atoms with van der Waals surface area (Å²) in [5.74, 6) is 0.903. The molecule has 0 heterocycles. The van der Waals surface area contributed by atoms with E-state index in [0.29, 0.717) is 17.8 Å². The maximum Gasteiger partial charge on any atom is 0.238 e.